The van der Waals surface area contributed by atoms with E-state index in [1.165, 1.54) is 6.92 Å². The number of imidazole rings is 1. The summed E-state index contributed by atoms with van der Waals surface area (Å²) in [6.07, 6.45) is 7.19. The molecule has 1 aliphatic heterocycles. The molecule has 0 atom stereocenters. The van der Waals surface area contributed by atoms with Gasteiger partial charge in [0.15, 0.2) is 0 Å². The lowest BCUT2D eigenvalue weighted by Crippen LogP contribution is -2.44. The van der Waals surface area contributed by atoms with Gasteiger partial charge in [0.1, 0.15) is 0 Å². The van der Waals surface area contributed by atoms with Gasteiger partial charge in [0.25, 0.3) is 5.91 Å². The third-order valence-electron chi connectivity index (χ3n) is 6.76. The van der Waals surface area contributed by atoms with E-state index in [4.69, 9.17) is 5.26 Å². The minimum Gasteiger partial charge on any atom is -0.338 e. The molecule has 2 N–H and O–H groups in total. The van der Waals surface area contributed by atoms with Gasteiger partial charge in [-0.05, 0) is 49.7 Å². The minimum absolute atomic E-state index is 0.0869. The first-order valence-corrected chi connectivity index (χ1v) is 12.2. The van der Waals surface area contributed by atoms with Gasteiger partial charge in [0.05, 0.1) is 34.8 Å². The second-order valence-electron chi connectivity index (χ2n) is 9.14. The van der Waals surface area contributed by atoms with Gasteiger partial charge in [0, 0.05) is 49.6 Å². The number of rotatable bonds is 5. The van der Waals surface area contributed by atoms with Crippen molar-refractivity contribution in [2.45, 2.75) is 25.8 Å². The van der Waals surface area contributed by atoms with E-state index in [1.807, 2.05) is 46.8 Å². The van der Waals surface area contributed by atoms with Crippen LogP contribution in [0.5, 0.6) is 0 Å². The van der Waals surface area contributed by atoms with Crippen LogP contribution in [0.3, 0.4) is 0 Å². The lowest BCUT2D eigenvalue weighted by Gasteiger charge is -2.32. The molecule has 1 fully saturated rings. The number of amides is 2. The Morgan fingerprint density at radius 2 is 1.70 bits per heavy atom. The highest BCUT2D eigenvalue weighted by Crippen LogP contribution is 2.29. The predicted molar refractivity (Wildman–Crippen MR) is 141 cm³/mol. The topological polar surface area (TPSA) is 115 Å². The molecule has 37 heavy (non-hydrogen) atoms. The zero-order valence-electron chi connectivity index (χ0n) is 20.7. The molecule has 0 bridgehead atoms. The fraction of sp³-hybridized carbons (Fsp3) is 0.250. The number of piperidine rings is 1. The Hall–Kier alpha value is -4.55. The van der Waals surface area contributed by atoms with E-state index >= 15 is 0 Å². The number of anilines is 1. The SMILES string of the molecule is CNC1CCN(C(=O)c2ccc(-c3cnc4ncc(-c5ccc(C#N)cc5)n4c3)cc2NC(C)=O)CC1. The molecule has 5 rings (SSSR count). The van der Waals surface area contributed by atoms with Crippen molar-refractivity contribution in [2.75, 3.05) is 25.5 Å². The number of hydrogen-bond donors (Lipinski definition) is 2. The van der Waals surface area contributed by atoms with Crippen LogP contribution in [0.4, 0.5) is 5.69 Å². The summed E-state index contributed by atoms with van der Waals surface area (Å²) < 4.78 is 1.89. The van der Waals surface area contributed by atoms with E-state index in [1.54, 1.807) is 30.6 Å². The first kappa shape index (κ1) is 24.2. The highest BCUT2D eigenvalue weighted by atomic mass is 16.2. The monoisotopic (exact) mass is 493 g/mol. The van der Waals surface area contributed by atoms with E-state index in [9.17, 15) is 9.59 Å². The first-order valence-electron chi connectivity index (χ1n) is 12.2. The van der Waals surface area contributed by atoms with Crippen molar-refractivity contribution >= 4 is 23.3 Å². The zero-order valence-corrected chi connectivity index (χ0v) is 20.7. The molecule has 0 aliphatic carbocycles. The second kappa shape index (κ2) is 10.2. The molecule has 9 nitrogen and oxygen atoms in total. The number of benzene rings is 2. The Morgan fingerprint density at radius 1 is 1.00 bits per heavy atom. The lowest BCUT2D eigenvalue weighted by atomic mass is 10.0. The predicted octanol–water partition coefficient (Wildman–Crippen LogP) is 3.72. The summed E-state index contributed by atoms with van der Waals surface area (Å²) in [5.41, 5.74) is 4.90. The number of hydrogen-bond acceptors (Lipinski definition) is 6. The molecule has 1 aliphatic rings. The van der Waals surface area contributed by atoms with Gasteiger partial charge in [-0.3, -0.25) is 14.0 Å². The molecule has 2 aromatic heterocycles. The Bertz CT molecular complexity index is 1510. The van der Waals surface area contributed by atoms with Crippen LogP contribution in [0.1, 0.15) is 35.7 Å². The molecule has 9 heteroatoms. The van der Waals surface area contributed by atoms with Gasteiger partial charge in [-0.1, -0.05) is 18.2 Å². The summed E-state index contributed by atoms with van der Waals surface area (Å²) >= 11 is 0. The highest BCUT2D eigenvalue weighted by molar-refractivity contribution is 6.04. The molecule has 2 aromatic carbocycles. The standard InChI is InChI=1S/C28H27N7O2/c1-18(36)33-25-13-21(7-8-24(25)27(37)34-11-9-23(30-2)10-12-34)22-15-31-28-32-16-26(35(28)17-22)20-5-3-19(14-29)4-6-20/h3-8,13,15-17,23,30H,9-12H2,1-2H3,(H,33,36). The molecule has 3 heterocycles. The quantitative estimate of drug-likeness (QED) is 0.438. The van der Waals surface area contributed by atoms with Crippen LogP contribution in [0.2, 0.25) is 0 Å². The number of likely N-dealkylation sites (tertiary alicyclic amines) is 1. The van der Waals surface area contributed by atoms with E-state index in [0.717, 1.165) is 35.2 Å². The Morgan fingerprint density at radius 3 is 2.38 bits per heavy atom. The van der Waals surface area contributed by atoms with E-state index in [0.29, 0.717) is 41.7 Å². The third-order valence-corrected chi connectivity index (χ3v) is 6.76. The number of nitrogens with one attached hydrogen (secondary N) is 2. The van der Waals surface area contributed by atoms with Crippen LogP contribution in [-0.4, -0.2) is 57.3 Å². The maximum atomic E-state index is 13.3. The second-order valence-corrected chi connectivity index (χ2v) is 9.14. The van der Waals surface area contributed by atoms with Crippen molar-refractivity contribution in [2.24, 2.45) is 0 Å². The number of carbonyl (C=O) groups is 2. The van der Waals surface area contributed by atoms with Crippen molar-refractivity contribution < 1.29 is 9.59 Å². The molecule has 186 valence electrons. The van der Waals surface area contributed by atoms with Gasteiger partial charge < -0.3 is 15.5 Å². The molecular weight excluding hydrogens is 466 g/mol. The van der Waals surface area contributed by atoms with E-state index < -0.39 is 0 Å². The molecule has 0 unspecified atom stereocenters. The number of aromatic nitrogens is 3. The number of nitriles is 1. The smallest absolute Gasteiger partial charge is 0.255 e. The van der Waals surface area contributed by atoms with Crippen molar-refractivity contribution in [1.82, 2.24) is 24.6 Å². The van der Waals surface area contributed by atoms with E-state index in [-0.39, 0.29) is 11.8 Å². The fourth-order valence-corrected chi connectivity index (χ4v) is 4.70. The molecule has 0 spiro atoms. The average molecular weight is 494 g/mol. The summed E-state index contributed by atoms with van der Waals surface area (Å²) in [6.45, 7) is 2.78. The van der Waals surface area contributed by atoms with Crippen molar-refractivity contribution in [3.8, 4) is 28.5 Å². The zero-order chi connectivity index (χ0) is 25.9. The summed E-state index contributed by atoms with van der Waals surface area (Å²) in [5.74, 6) is 0.212. The average Bonchev–Trinajstić information content (AvgIpc) is 3.36. The van der Waals surface area contributed by atoms with Crippen LogP contribution < -0.4 is 10.6 Å². The fourth-order valence-electron chi connectivity index (χ4n) is 4.70. The normalized spacial score (nSPS) is 13.9. The summed E-state index contributed by atoms with van der Waals surface area (Å²) in [4.78, 5) is 36.1. The first-order chi connectivity index (χ1) is 18.0. The maximum absolute atomic E-state index is 13.3. The lowest BCUT2D eigenvalue weighted by molar-refractivity contribution is -0.114. The van der Waals surface area contributed by atoms with Crippen LogP contribution >= 0.6 is 0 Å². The largest absolute Gasteiger partial charge is 0.338 e. The van der Waals surface area contributed by atoms with Gasteiger partial charge in [-0.25, -0.2) is 9.97 Å². The van der Waals surface area contributed by atoms with Gasteiger partial charge in [-0.2, -0.15) is 5.26 Å². The van der Waals surface area contributed by atoms with Crippen molar-refractivity contribution in [3.05, 3.63) is 72.2 Å². The maximum Gasteiger partial charge on any atom is 0.255 e. The number of nitrogens with zero attached hydrogens (tertiary/aromatic N) is 5. The van der Waals surface area contributed by atoms with Gasteiger partial charge in [-0.15, -0.1) is 0 Å². The highest BCUT2D eigenvalue weighted by Gasteiger charge is 2.25. The van der Waals surface area contributed by atoms with Crippen molar-refractivity contribution in [3.63, 3.8) is 0 Å². The molecular formula is C28H27N7O2. The molecule has 0 saturated carbocycles. The van der Waals surface area contributed by atoms with Gasteiger partial charge in [0.2, 0.25) is 11.7 Å². The van der Waals surface area contributed by atoms with Crippen LogP contribution in [0, 0.1) is 11.3 Å². The molecule has 4 aromatic rings. The Kier molecular flexibility index (Phi) is 6.66. The van der Waals surface area contributed by atoms with Gasteiger partial charge >= 0.3 is 0 Å². The number of fused-ring (bicyclic) bond motifs is 1. The Balaban J connectivity index is 1.49. The minimum atomic E-state index is -0.244. The van der Waals surface area contributed by atoms with E-state index in [2.05, 4.69) is 26.7 Å². The van der Waals surface area contributed by atoms with Crippen LogP contribution in [-0.2, 0) is 4.79 Å². The molecule has 2 amide bonds. The number of carbonyl (C=O) groups excluding carboxylic acids is 2. The van der Waals surface area contributed by atoms with Crippen LogP contribution in [0.15, 0.2) is 61.1 Å². The molecule has 0 radical (unpaired) electrons. The summed E-state index contributed by atoms with van der Waals surface area (Å²) in [6, 6.07) is 15.3. The third kappa shape index (κ3) is 4.92. The summed E-state index contributed by atoms with van der Waals surface area (Å²) in [7, 11) is 1.94. The molecule has 1 saturated heterocycles. The van der Waals surface area contributed by atoms with Crippen LogP contribution in [0.25, 0.3) is 28.2 Å². The van der Waals surface area contributed by atoms with Crippen molar-refractivity contribution in [1.29, 1.82) is 5.26 Å². The Labute approximate surface area is 214 Å². The summed E-state index contributed by atoms with van der Waals surface area (Å²) in [5, 5.41) is 15.2.